The quantitative estimate of drug-likeness (QED) is 0.510. The number of halogens is 1. The molecule has 8 nitrogen and oxygen atoms in total. The zero-order valence-electron chi connectivity index (χ0n) is 18.8. The second kappa shape index (κ2) is 10.2. The number of amides is 3. The number of hydrogen-bond acceptors (Lipinski definition) is 4. The minimum atomic E-state index is -1.40. The van der Waals surface area contributed by atoms with Crippen LogP contribution in [-0.4, -0.2) is 48.0 Å². The van der Waals surface area contributed by atoms with Crippen LogP contribution in [0, 0.1) is 5.82 Å². The number of aliphatic imine (C=N–C) groups is 1. The molecule has 0 aliphatic carbocycles. The average molecular weight is 474 g/mol. The molecule has 0 bridgehead atoms. The Kier molecular flexibility index (Phi) is 6.86. The second-order valence-electron chi connectivity index (χ2n) is 7.97. The van der Waals surface area contributed by atoms with Gasteiger partial charge in [0.15, 0.2) is 0 Å². The molecule has 35 heavy (non-hydrogen) atoms. The Labute approximate surface area is 201 Å². The lowest BCUT2D eigenvalue weighted by atomic mass is 10.00. The van der Waals surface area contributed by atoms with E-state index in [0.29, 0.717) is 11.3 Å². The van der Waals surface area contributed by atoms with Gasteiger partial charge >= 0.3 is 6.09 Å². The van der Waals surface area contributed by atoms with E-state index in [4.69, 9.17) is 0 Å². The molecule has 178 valence electrons. The topological polar surface area (TPSA) is 111 Å². The van der Waals surface area contributed by atoms with Crippen molar-refractivity contribution in [3.8, 4) is 0 Å². The van der Waals surface area contributed by atoms with Gasteiger partial charge in [0.1, 0.15) is 11.9 Å². The Morgan fingerprint density at radius 2 is 1.63 bits per heavy atom. The molecule has 3 aromatic rings. The first-order valence-corrected chi connectivity index (χ1v) is 10.9. The Hall–Kier alpha value is -4.53. The van der Waals surface area contributed by atoms with Gasteiger partial charge in [-0.2, -0.15) is 0 Å². The maximum Gasteiger partial charge on any atom is 0.405 e. The smallest absolute Gasteiger partial charge is 0.405 e. The van der Waals surface area contributed by atoms with Crippen molar-refractivity contribution in [2.45, 2.75) is 18.6 Å². The normalized spacial score (nSPS) is 15.9. The van der Waals surface area contributed by atoms with Crippen LogP contribution in [0.4, 0.5) is 14.9 Å². The molecule has 0 aromatic heterocycles. The molecule has 1 aliphatic heterocycles. The molecular formula is C26H23FN4O4. The monoisotopic (exact) mass is 474 g/mol. The fourth-order valence-corrected chi connectivity index (χ4v) is 3.93. The first-order chi connectivity index (χ1) is 16.8. The van der Waals surface area contributed by atoms with Gasteiger partial charge in [-0.05, 0) is 23.8 Å². The second-order valence-corrected chi connectivity index (χ2v) is 7.97. The molecule has 3 N–H and O–H groups in total. The van der Waals surface area contributed by atoms with Gasteiger partial charge in [0.25, 0.3) is 5.91 Å². The minimum Gasteiger partial charge on any atom is -0.465 e. The van der Waals surface area contributed by atoms with Gasteiger partial charge in [-0.25, -0.2) is 14.2 Å². The van der Waals surface area contributed by atoms with Crippen molar-refractivity contribution in [3.63, 3.8) is 0 Å². The molecule has 4 rings (SSSR count). The maximum atomic E-state index is 14.8. The van der Waals surface area contributed by atoms with E-state index in [1.54, 1.807) is 72.8 Å². The number of nitrogens with one attached hydrogen (secondary N) is 2. The van der Waals surface area contributed by atoms with Gasteiger partial charge in [0, 0.05) is 24.6 Å². The summed E-state index contributed by atoms with van der Waals surface area (Å²) in [6.07, 6.45) is -2.71. The summed E-state index contributed by atoms with van der Waals surface area (Å²) in [6.45, 7) is 0. The molecule has 0 spiro atoms. The number of likely N-dealkylation sites (N-methyl/N-ethyl adjacent to an activating group) is 1. The summed E-state index contributed by atoms with van der Waals surface area (Å²) in [7, 11) is 1.54. The van der Waals surface area contributed by atoms with Gasteiger partial charge in [-0.3, -0.25) is 9.59 Å². The molecule has 0 fully saturated rings. The van der Waals surface area contributed by atoms with Gasteiger partial charge in [-0.15, -0.1) is 0 Å². The summed E-state index contributed by atoms with van der Waals surface area (Å²) in [5, 5.41) is 14.0. The highest BCUT2D eigenvalue weighted by Gasteiger charge is 2.33. The number of nitrogens with zero attached hydrogens (tertiary/aromatic N) is 2. The first-order valence-electron chi connectivity index (χ1n) is 10.9. The van der Waals surface area contributed by atoms with Crippen LogP contribution in [0.5, 0.6) is 0 Å². The Morgan fingerprint density at radius 1 is 1.00 bits per heavy atom. The summed E-state index contributed by atoms with van der Waals surface area (Å²) in [6, 6.07) is 20.7. The predicted molar refractivity (Wildman–Crippen MR) is 129 cm³/mol. The number of benzene rings is 3. The molecule has 0 radical (unpaired) electrons. The summed E-state index contributed by atoms with van der Waals surface area (Å²) in [5.74, 6) is -1.81. The van der Waals surface area contributed by atoms with Crippen molar-refractivity contribution in [3.05, 3.63) is 101 Å². The summed E-state index contributed by atoms with van der Waals surface area (Å²) in [4.78, 5) is 43.6. The van der Waals surface area contributed by atoms with E-state index in [1.807, 2.05) is 0 Å². The molecule has 2 atom stereocenters. The van der Waals surface area contributed by atoms with Gasteiger partial charge < -0.3 is 20.6 Å². The van der Waals surface area contributed by atoms with E-state index in [2.05, 4.69) is 15.6 Å². The fraction of sp³-hybridized carbons (Fsp3) is 0.154. The van der Waals surface area contributed by atoms with E-state index in [9.17, 15) is 23.9 Å². The lowest BCUT2D eigenvalue weighted by Crippen LogP contribution is -2.53. The number of carbonyl (C=O) groups excluding carboxylic acids is 2. The van der Waals surface area contributed by atoms with Gasteiger partial charge in [-0.1, -0.05) is 60.7 Å². The van der Waals surface area contributed by atoms with Crippen LogP contribution in [-0.2, 0) is 16.0 Å². The summed E-state index contributed by atoms with van der Waals surface area (Å²) in [5.41, 5.74) is 2.13. The molecule has 1 aliphatic rings. The van der Waals surface area contributed by atoms with Crippen LogP contribution in [0.3, 0.4) is 0 Å². The Morgan fingerprint density at radius 3 is 2.31 bits per heavy atom. The lowest BCUT2D eigenvalue weighted by Gasteiger charge is -2.23. The molecule has 3 aromatic carbocycles. The van der Waals surface area contributed by atoms with E-state index < -0.39 is 35.9 Å². The van der Waals surface area contributed by atoms with Crippen LogP contribution in [0.25, 0.3) is 0 Å². The number of benzodiazepines with no additional fused rings is 1. The number of hydrogen-bond donors (Lipinski definition) is 3. The van der Waals surface area contributed by atoms with Crippen molar-refractivity contribution in [2.75, 3.05) is 11.9 Å². The van der Waals surface area contributed by atoms with E-state index >= 15 is 0 Å². The number of anilines is 1. The third kappa shape index (κ3) is 5.19. The van der Waals surface area contributed by atoms with E-state index in [1.165, 1.54) is 18.0 Å². The maximum absolute atomic E-state index is 14.8. The van der Waals surface area contributed by atoms with E-state index in [0.717, 1.165) is 5.56 Å². The number of para-hydroxylation sites is 1. The first kappa shape index (κ1) is 23.6. The molecule has 0 saturated heterocycles. The summed E-state index contributed by atoms with van der Waals surface area (Å²) < 4.78 is 14.8. The van der Waals surface area contributed by atoms with Crippen molar-refractivity contribution in [1.29, 1.82) is 0 Å². The van der Waals surface area contributed by atoms with Crippen LogP contribution in [0.2, 0.25) is 0 Å². The highest BCUT2D eigenvalue weighted by molar-refractivity contribution is 6.20. The standard InChI is InChI=1S/C26H23FN4O4/c1-31-21-14-8-6-12-18(21)22(17-11-5-7-13-19(17)27)29-23(25(31)33)30-24(32)20(28-26(34)35)15-16-9-3-2-4-10-16/h2-14,20,23,28H,15H2,1H3,(H,30,32)(H,34,35)/t20-,23+/m0/s1. The highest BCUT2D eigenvalue weighted by atomic mass is 19.1. The molecule has 0 unspecified atom stereocenters. The number of fused-ring (bicyclic) bond motifs is 1. The zero-order chi connectivity index (χ0) is 24.9. The Balaban J connectivity index is 1.71. The van der Waals surface area contributed by atoms with Crippen LogP contribution in [0.15, 0.2) is 83.9 Å². The molecular weight excluding hydrogens is 451 g/mol. The molecule has 0 saturated carbocycles. The zero-order valence-corrected chi connectivity index (χ0v) is 18.8. The van der Waals surface area contributed by atoms with Gasteiger partial charge in [0.2, 0.25) is 12.1 Å². The molecule has 1 heterocycles. The largest absolute Gasteiger partial charge is 0.465 e. The van der Waals surface area contributed by atoms with Crippen molar-refractivity contribution in [2.24, 2.45) is 4.99 Å². The van der Waals surface area contributed by atoms with Crippen molar-refractivity contribution < 1.29 is 23.9 Å². The number of carboxylic acid groups (broad SMARTS) is 1. The minimum absolute atomic E-state index is 0.0693. The highest BCUT2D eigenvalue weighted by Crippen LogP contribution is 2.28. The lowest BCUT2D eigenvalue weighted by molar-refractivity contribution is -0.128. The SMILES string of the molecule is CN1C(=O)[C@@H](NC(=O)[C@H](Cc2ccccc2)NC(=O)O)N=C(c2ccccc2F)c2ccccc21. The fourth-order valence-electron chi connectivity index (χ4n) is 3.93. The summed E-state index contributed by atoms with van der Waals surface area (Å²) >= 11 is 0. The number of carbonyl (C=O) groups is 3. The number of rotatable bonds is 6. The van der Waals surface area contributed by atoms with Crippen LogP contribution < -0.4 is 15.5 Å². The molecule has 3 amide bonds. The van der Waals surface area contributed by atoms with E-state index in [-0.39, 0.29) is 17.7 Å². The van der Waals surface area contributed by atoms with Crippen LogP contribution in [0.1, 0.15) is 16.7 Å². The third-order valence-electron chi connectivity index (χ3n) is 5.65. The third-order valence-corrected chi connectivity index (χ3v) is 5.65. The van der Waals surface area contributed by atoms with Crippen LogP contribution >= 0.6 is 0 Å². The average Bonchev–Trinajstić information content (AvgIpc) is 2.95. The molecule has 9 heteroatoms. The predicted octanol–water partition coefficient (Wildman–Crippen LogP) is 2.96. The van der Waals surface area contributed by atoms with Gasteiger partial charge in [0.05, 0.1) is 11.4 Å². The van der Waals surface area contributed by atoms with Crippen molar-refractivity contribution >= 4 is 29.3 Å². The van der Waals surface area contributed by atoms with Crippen molar-refractivity contribution in [1.82, 2.24) is 10.6 Å². The Bertz CT molecular complexity index is 1300.